The number of rotatable bonds is 8. The molecule has 39 heavy (non-hydrogen) atoms. The normalized spacial score (nSPS) is 16.2. The summed E-state index contributed by atoms with van der Waals surface area (Å²) in [5.41, 5.74) is 0.696. The number of amides is 1. The quantitative estimate of drug-likeness (QED) is 0.320. The molecule has 208 valence electrons. The van der Waals surface area contributed by atoms with Crippen molar-refractivity contribution in [2.75, 3.05) is 40.9 Å². The Bertz CT molecular complexity index is 1370. The number of ketones is 2. The minimum Gasteiger partial charge on any atom is -0.507 e. The number of benzene rings is 2. The summed E-state index contributed by atoms with van der Waals surface area (Å²) in [4.78, 5) is 40.3. The Morgan fingerprint density at radius 3 is 2.51 bits per heavy atom. The fourth-order valence-corrected chi connectivity index (χ4v) is 5.73. The summed E-state index contributed by atoms with van der Waals surface area (Å²) in [7, 11) is 4.89. The van der Waals surface area contributed by atoms with Gasteiger partial charge >= 0.3 is 6.09 Å². The van der Waals surface area contributed by atoms with Crippen LogP contribution in [0.3, 0.4) is 0 Å². The maximum Gasteiger partial charge on any atom is 0.409 e. The summed E-state index contributed by atoms with van der Waals surface area (Å²) in [5.74, 6) is -1.65. The Morgan fingerprint density at radius 2 is 1.85 bits per heavy atom. The second-order valence-electron chi connectivity index (χ2n) is 11.0. The van der Waals surface area contributed by atoms with E-state index in [1.54, 1.807) is 25.2 Å². The molecule has 10 nitrogen and oxygen atoms in total. The van der Waals surface area contributed by atoms with Crippen molar-refractivity contribution in [3.05, 3.63) is 51.6 Å². The molecule has 2 aliphatic carbocycles. The summed E-state index contributed by atoms with van der Waals surface area (Å²) in [6, 6.07) is 4.80. The first kappa shape index (κ1) is 28.1. The van der Waals surface area contributed by atoms with Gasteiger partial charge in [0.1, 0.15) is 17.2 Å². The number of methoxy groups -OCH3 is 1. The van der Waals surface area contributed by atoms with Gasteiger partial charge in [-0.1, -0.05) is 26.0 Å². The molecule has 1 atom stereocenters. The van der Waals surface area contributed by atoms with E-state index in [0.717, 1.165) is 0 Å². The van der Waals surface area contributed by atoms with Crippen LogP contribution in [0.15, 0.2) is 18.2 Å². The van der Waals surface area contributed by atoms with Crippen molar-refractivity contribution in [1.82, 2.24) is 10.2 Å². The standard InChI is InChI=1S/C29H35N3O7/c1-29(2,13-31-3)14-32(4)28(37)39-12-19(33)15-9-10-16-18(11-15)27(36)23-22(25(16)34)24(30)21-17(26(23)35)7-6-8-20(21)38-5/h6-8,15,30-31,34,36H,9-14H2,1-5H3/t15-/m0/s1. The first-order valence-corrected chi connectivity index (χ1v) is 12.9. The zero-order chi connectivity index (χ0) is 28.6. The first-order chi connectivity index (χ1) is 18.4. The molecule has 1 amide bonds. The highest BCUT2D eigenvalue weighted by Crippen LogP contribution is 2.47. The van der Waals surface area contributed by atoms with Crippen LogP contribution < -0.4 is 10.1 Å². The van der Waals surface area contributed by atoms with E-state index in [1.807, 2.05) is 20.9 Å². The number of hydrogen-bond donors (Lipinski definition) is 4. The summed E-state index contributed by atoms with van der Waals surface area (Å²) in [6.07, 6.45) is 0.0951. The summed E-state index contributed by atoms with van der Waals surface area (Å²) in [5, 5.41) is 34.2. The summed E-state index contributed by atoms with van der Waals surface area (Å²) < 4.78 is 10.6. The van der Waals surface area contributed by atoms with Gasteiger partial charge in [-0.3, -0.25) is 15.0 Å². The monoisotopic (exact) mass is 537 g/mol. The molecule has 0 unspecified atom stereocenters. The lowest BCUT2D eigenvalue weighted by Crippen LogP contribution is -2.41. The molecule has 0 saturated carbocycles. The van der Waals surface area contributed by atoms with Crippen LogP contribution >= 0.6 is 0 Å². The number of nitrogens with zero attached hydrogens (tertiary/aromatic N) is 1. The lowest BCUT2D eigenvalue weighted by molar-refractivity contribution is -0.126. The zero-order valence-electron chi connectivity index (χ0n) is 22.9. The molecule has 4 rings (SSSR count). The molecule has 0 aromatic heterocycles. The van der Waals surface area contributed by atoms with Crippen molar-refractivity contribution in [2.45, 2.75) is 33.1 Å². The van der Waals surface area contributed by atoms with Gasteiger partial charge in [0.2, 0.25) is 0 Å². The van der Waals surface area contributed by atoms with Crippen LogP contribution in [0.1, 0.15) is 58.4 Å². The van der Waals surface area contributed by atoms with E-state index in [0.29, 0.717) is 36.4 Å². The lowest BCUT2D eigenvalue weighted by atomic mass is 9.74. The van der Waals surface area contributed by atoms with Crippen LogP contribution in [0.2, 0.25) is 0 Å². The van der Waals surface area contributed by atoms with Crippen molar-refractivity contribution >= 4 is 23.4 Å². The zero-order valence-corrected chi connectivity index (χ0v) is 22.9. The van der Waals surface area contributed by atoms with E-state index in [2.05, 4.69) is 5.32 Å². The number of aromatic hydroxyl groups is 2. The minimum absolute atomic E-state index is 0.0313. The molecule has 0 bridgehead atoms. The van der Waals surface area contributed by atoms with Crippen molar-refractivity contribution in [2.24, 2.45) is 11.3 Å². The second-order valence-corrected chi connectivity index (χ2v) is 11.0. The number of ether oxygens (including phenoxy) is 2. The molecule has 0 saturated heterocycles. The number of carbonyl (C=O) groups is 3. The molecule has 4 N–H and O–H groups in total. The molecule has 0 fully saturated rings. The summed E-state index contributed by atoms with van der Waals surface area (Å²) in [6.45, 7) is 4.75. The smallest absolute Gasteiger partial charge is 0.409 e. The number of carbonyl (C=O) groups excluding carboxylic acids is 3. The highest BCUT2D eigenvalue weighted by atomic mass is 16.6. The van der Waals surface area contributed by atoms with Crippen LogP contribution in [0, 0.1) is 16.7 Å². The van der Waals surface area contributed by atoms with Crippen LogP contribution in [0.5, 0.6) is 17.2 Å². The Labute approximate surface area is 227 Å². The third-order valence-electron chi connectivity index (χ3n) is 7.50. The highest BCUT2D eigenvalue weighted by Gasteiger charge is 2.39. The van der Waals surface area contributed by atoms with E-state index in [1.165, 1.54) is 12.0 Å². The van der Waals surface area contributed by atoms with Crippen molar-refractivity contribution in [3.63, 3.8) is 0 Å². The van der Waals surface area contributed by atoms with E-state index >= 15 is 0 Å². The maximum absolute atomic E-state index is 13.4. The van der Waals surface area contributed by atoms with Crippen LogP contribution in [-0.4, -0.2) is 79.4 Å². The lowest BCUT2D eigenvalue weighted by Gasteiger charge is -2.31. The molecule has 0 spiro atoms. The van der Waals surface area contributed by atoms with Gasteiger partial charge in [0, 0.05) is 42.7 Å². The molecule has 2 aromatic carbocycles. The molecular formula is C29H35N3O7. The minimum atomic E-state index is -0.600. The number of Topliss-reactive ketones (excluding diaryl/α,β-unsaturated/α-hetero) is 1. The van der Waals surface area contributed by atoms with Gasteiger partial charge in [-0.15, -0.1) is 0 Å². The van der Waals surface area contributed by atoms with E-state index in [-0.39, 0.29) is 63.5 Å². The third kappa shape index (κ3) is 5.08. The fraction of sp³-hybridized carbons (Fsp3) is 0.448. The van der Waals surface area contributed by atoms with Gasteiger partial charge in [0.05, 0.1) is 29.5 Å². The Hall–Kier alpha value is -3.92. The number of fused-ring (bicyclic) bond motifs is 3. The predicted molar refractivity (Wildman–Crippen MR) is 144 cm³/mol. The van der Waals surface area contributed by atoms with Gasteiger partial charge in [-0.25, -0.2) is 4.79 Å². The molecule has 2 aliphatic rings. The molecule has 0 radical (unpaired) electrons. The van der Waals surface area contributed by atoms with Gasteiger partial charge < -0.3 is 29.9 Å². The van der Waals surface area contributed by atoms with Gasteiger partial charge in [-0.05, 0) is 37.8 Å². The van der Waals surface area contributed by atoms with E-state index in [4.69, 9.17) is 14.9 Å². The SMILES string of the molecule is CNCC(C)(C)CN(C)C(=O)OCC(=O)[C@H]1CCc2c(O)c3c(c(O)c2C1)C(=O)c1cccc(OC)c1C3=N. The van der Waals surface area contributed by atoms with Crippen molar-refractivity contribution in [1.29, 1.82) is 5.41 Å². The third-order valence-corrected chi connectivity index (χ3v) is 7.50. The van der Waals surface area contributed by atoms with Gasteiger partial charge in [0.25, 0.3) is 0 Å². The average molecular weight is 538 g/mol. The van der Waals surface area contributed by atoms with Crippen molar-refractivity contribution in [3.8, 4) is 17.2 Å². The predicted octanol–water partition coefficient (Wildman–Crippen LogP) is 3.05. The maximum atomic E-state index is 13.4. The topological polar surface area (TPSA) is 149 Å². The molecular weight excluding hydrogens is 502 g/mol. The second kappa shape index (κ2) is 10.7. The number of phenolic OH excluding ortho intramolecular Hbond substituents is 2. The molecule has 10 heteroatoms. The number of hydrogen-bond acceptors (Lipinski definition) is 9. The van der Waals surface area contributed by atoms with Crippen LogP contribution in [0.4, 0.5) is 4.79 Å². The van der Waals surface area contributed by atoms with Crippen LogP contribution in [0.25, 0.3) is 0 Å². The largest absolute Gasteiger partial charge is 0.507 e. The summed E-state index contributed by atoms with van der Waals surface area (Å²) >= 11 is 0. The van der Waals surface area contributed by atoms with Crippen molar-refractivity contribution < 1.29 is 34.1 Å². The molecule has 0 heterocycles. The average Bonchev–Trinajstić information content (AvgIpc) is 2.90. The Balaban J connectivity index is 1.54. The van der Waals surface area contributed by atoms with Gasteiger partial charge in [-0.2, -0.15) is 0 Å². The first-order valence-electron chi connectivity index (χ1n) is 12.9. The molecule has 2 aromatic rings. The van der Waals surface area contributed by atoms with Crippen LogP contribution in [-0.2, 0) is 22.4 Å². The Morgan fingerprint density at radius 1 is 1.15 bits per heavy atom. The molecule has 0 aliphatic heterocycles. The number of nitrogens with one attached hydrogen (secondary N) is 2. The van der Waals surface area contributed by atoms with Gasteiger partial charge in [0.15, 0.2) is 18.2 Å². The fourth-order valence-electron chi connectivity index (χ4n) is 5.73. The van der Waals surface area contributed by atoms with E-state index in [9.17, 15) is 24.6 Å². The highest BCUT2D eigenvalue weighted by molar-refractivity contribution is 6.32. The van der Waals surface area contributed by atoms with E-state index < -0.39 is 24.4 Å². The Kier molecular flexibility index (Phi) is 7.70. The number of phenols is 2.